The van der Waals surface area contributed by atoms with Gasteiger partial charge in [-0.25, -0.2) is 0 Å². The molecular formula is C2H7BN2S. The van der Waals surface area contributed by atoms with Crippen LogP contribution in [-0.2, 0) is 0 Å². The van der Waals surface area contributed by atoms with Crippen LogP contribution in [0.1, 0.15) is 0 Å². The van der Waals surface area contributed by atoms with Crippen LogP contribution in [0, 0.1) is 0 Å². The number of nitrogens with zero attached hydrogens (tertiary/aromatic N) is 1. The van der Waals surface area contributed by atoms with Crippen molar-refractivity contribution in [2.75, 3.05) is 14.1 Å². The molecule has 0 unspecified atom stereocenters. The normalized spacial score (nSPS) is 9.00. The Morgan fingerprint density at radius 3 is 2.67 bits per heavy atom. The molecule has 0 aliphatic rings. The van der Waals surface area contributed by atoms with Gasteiger partial charge < -0.3 is 0 Å². The molecule has 1 N–H and O–H groups in total. The van der Waals surface area contributed by atoms with Crippen LogP contribution in [0.4, 0.5) is 0 Å². The van der Waals surface area contributed by atoms with E-state index in [4.69, 9.17) is 0 Å². The fraction of sp³-hybridized carbons (Fsp3) is 1.00. The molecule has 0 aliphatic heterocycles. The fourth-order valence-electron chi connectivity index (χ4n) is 0.105. The third-order valence-electron chi connectivity index (χ3n) is 0.276. The molecule has 0 aromatic heterocycles. The molecule has 0 fully saturated rings. The molecule has 0 bridgehead atoms. The summed E-state index contributed by atoms with van der Waals surface area (Å²) in [7, 11) is 3.59. The Labute approximate surface area is 42.7 Å². The summed E-state index contributed by atoms with van der Waals surface area (Å²) >= 11 is 1.47. The van der Waals surface area contributed by atoms with E-state index in [0.29, 0.717) is 0 Å². The van der Waals surface area contributed by atoms with Crippen molar-refractivity contribution in [1.82, 2.24) is 4.72 Å². The molecule has 0 heterocycles. The number of nitrogens with one attached hydrogen (secondary N) is 1. The van der Waals surface area contributed by atoms with Crippen molar-refractivity contribution in [2.45, 2.75) is 0 Å². The zero-order chi connectivity index (χ0) is 4.83. The van der Waals surface area contributed by atoms with E-state index in [1.54, 1.807) is 13.4 Å². The second-order valence-corrected chi connectivity index (χ2v) is 1.54. The molecule has 0 amide bonds. The molecule has 0 saturated carbocycles. The summed E-state index contributed by atoms with van der Waals surface area (Å²) < 4.78 is 2.84. The minimum atomic E-state index is 1.47. The van der Waals surface area contributed by atoms with E-state index in [-0.39, 0.29) is 0 Å². The van der Waals surface area contributed by atoms with Crippen LogP contribution < -0.4 is 4.72 Å². The average molecular weight is 102 g/mol. The first kappa shape index (κ1) is 6.17. The summed E-state index contributed by atoms with van der Waals surface area (Å²) in [4.78, 5) is 3.70. The van der Waals surface area contributed by atoms with Gasteiger partial charge >= 0.3 is 41.9 Å². The molecule has 0 spiro atoms. The zero-order valence-electron chi connectivity index (χ0n) is 3.93. The van der Waals surface area contributed by atoms with Crippen molar-refractivity contribution in [1.29, 1.82) is 0 Å². The SMILES string of the molecule is CN=BSNC. The molecule has 0 saturated heterocycles. The molecule has 0 atom stereocenters. The van der Waals surface area contributed by atoms with Gasteiger partial charge in [0.1, 0.15) is 0 Å². The molecular weight excluding hydrogens is 94.9 g/mol. The van der Waals surface area contributed by atoms with Crippen molar-refractivity contribution in [3.8, 4) is 0 Å². The van der Waals surface area contributed by atoms with Crippen LogP contribution in [0.3, 0.4) is 0 Å². The Kier molecular flexibility index (Phi) is 5.33. The van der Waals surface area contributed by atoms with Crippen molar-refractivity contribution in [3.05, 3.63) is 0 Å². The number of rotatable bonds is 2. The standard InChI is InChI=1S/C2H7BN2S/c1-4-3-6-5-2/h5H,1-2H3. The predicted octanol–water partition coefficient (Wildman–Crippen LogP) is 0.287. The second kappa shape index (κ2) is 5.17. The van der Waals surface area contributed by atoms with Crippen molar-refractivity contribution < 1.29 is 0 Å². The average Bonchev–Trinajstić information content (AvgIpc) is 1.61. The zero-order valence-corrected chi connectivity index (χ0v) is 4.75. The molecule has 0 aliphatic carbocycles. The van der Waals surface area contributed by atoms with Gasteiger partial charge in [0.2, 0.25) is 0 Å². The Morgan fingerprint density at radius 2 is 2.50 bits per heavy atom. The van der Waals surface area contributed by atoms with Gasteiger partial charge in [-0.3, -0.25) is 0 Å². The van der Waals surface area contributed by atoms with E-state index in [9.17, 15) is 0 Å². The van der Waals surface area contributed by atoms with Crippen LogP contribution >= 0.6 is 11.8 Å². The van der Waals surface area contributed by atoms with Gasteiger partial charge in [-0.2, -0.15) is 0 Å². The summed E-state index contributed by atoms with van der Waals surface area (Å²) in [5, 5.41) is 0. The number of hydrogen-bond donors (Lipinski definition) is 1. The molecule has 4 heteroatoms. The first-order valence-corrected chi connectivity index (χ1v) is 2.52. The van der Waals surface area contributed by atoms with Crippen molar-refractivity contribution >= 4 is 18.1 Å². The summed E-state index contributed by atoms with van der Waals surface area (Å²) in [6.45, 7) is 0. The van der Waals surface area contributed by atoms with Crippen molar-refractivity contribution in [2.24, 2.45) is 4.90 Å². The molecule has 0 aromatic rings. The molecule has 34 valence electrons. The number of hydrogen-bond acceptors (Lipinski definition) is 3. The van der Waals surface area contributed by atoms with Crippen LogP contribution in [0.5, 0.6) is 0 Å². The van der Waals surface area contributed by atoms with Gasteiger partial charge in [-0.1, -0.05) is 0 Å². The third-order valence-corrected chi connectivity index (χ3v) is 0.828. The molecule has 6 heavy (non-hydrogen) atoms. The molecule has 0 aromatic carbocycles. The van der Waals surface area contributed by atoms with Crippen LogP contribution in [-0.4, -0.2) is 20.4 Å². The van der Waals surface area contributed by atoms with E-state index in [0.717, 1.165) is 0 Å². The van der Waals surface area contributed by atoms with E-state index in [1.165, 1.54) is 11.8 Å². The fourth-order valence-corrected chi connectivity index (χ4v) is 0.316. The van der Waals surface area contributed by atoms with Gasteiger partial charge in [0.15, 0.2) is 0 Å². The Hall–Kier alpha value is 0.175. The van der Waals surface area contributed by atoms with Gasteiger partial charge in [-0.05, 0) is 0 Å². The van der Waals surface area contributed by atoms with E-state index in [1.807, 2.05) is 7.05 Å². The first-order chi connectivity index (χ1) is 2.91. The maximum atomic E-state index is 3.70. The first-order valence-electron chi connectivity index (χ1n) is 1.65. The Balaban J connectivity index is 2.66. The van der Waals surface area contributed by atoms with Gasteiger partial charge in [0, 0.05) is 0 Å². The monoisotopic (exact) mass is 102 g/mol. The van der Waals surface area contributed by atoms with Gasteiger partial charge in [0.05, 0.1) is 0 Å². The summed E-state index contributed by atoms with van der Waals surface area (Å²) in [5.41, 5.74) is 0. The maximum absolute atomic E-state index is 3.70. The van der Waals surface area contributed by atoms with Crippen LogP contribution in [0.15, 0.2) is 4.90 Å². The van der Waals surface area contributed by atoms with Crippen LogP contribution in [0.2, 0.25) is 0 Å². The summed E-state index contributed by atoms with van der Waals surface area (Å²) in [6.07, 6.45) is 1.74. The van der Waals surface area contributed by atoms with Crippen LogP contribution in [0.25, 0.3) is 0 Å². The van der Waals surface area contributed by atoms with Gasteiger partial charge in [0.25, 0.3) is 0 Å². The minimum absolute atomic E-state index is 1.47. The van der Waals surface area contributed by atoms with Gasteiger partial charge in [-0.15, -0.1) is 0 Å². The van der Waals surface area contributed by atoms with E-state index in [2.05, 4.69) is 9.62 Å². The second-order valence-electron chi connectivity index (χ2n) is 0.686. The topological polar surface area (TPSA) is 24.4 Å². The molecule has 0 radical (unpaired) electrons. The predicted molar refractivity (Wildman–Crippen MR) is 30.8 cm³/mol. The summed E-state index contributed by atoms with van der Waals surface area (Å²) in [6, 6.07) is 0. The van der Waals surface area contributed by atoms with E-state index >= 15 is 0 Å². The molecule has 2 nitrogen and oxygen atoms in total. The summed E-state index contributed by atoms with van der Waals surface area (Å²) in [5.74, 6) is 0. The quantitative estimate of drug-likeness (QED) is 0.400. The third kappa shape index (κ3) is 4.17. The van der Waals surface area contributed by atoms with Crippen molar-refractivity contribution in [3.63, 3.8) is 0 Å². The van der Waals surface area contributed by atoms with E-state index < -0.39 is 0 Å². The molecule has 0 rings (SSSR count). The Morgan fingerprint density at radius 1 is 1.83 bits per heavy atom. The Bertz CT molecular complexity index is 46.8.